The van der Waals surface area contributed by atoms with Crippen molar-refractivity contribution in [2.75, 3.05) is 18.5 Å². The van der Waals surface area contributed by atoms with E-state index in [1.54, 1.807) is 0 Å². The molecule has 0 saturated carbocycles. The molecule has 0 radical (unpaired) electrons. The fourth-order valence-corrected chi connectivity index (χ4v) is 2.73. The molecule has 2 aromatic rings. The third-order valence-electron chi connectivity index (χ3n) is 3.93. The third kappa shape index (κ3) is 4.08. The Morgan fingerprint density at radius 1 is 1.00 bits per heavy atom. The molecule has 0 fully saturated rings. The van der Waals surface area contributed by atoms with Gasteiger partial charge in [-0.2, -0.15) is 0 Å². The summed E-state index contributed by atoms with van der Waals surface area (Å²) < 4.78 is 0. The summed E-state index contributed by atoms with van der Waals surface area (Å²) in [4.78, 5) is 2.21. The highest BCUT2D eigenvalue weighted by molar-refractivity contribution is 5.50. The van der Waals surface area contributed by atoms with Gasteiger partial charge in [0, 0.05) is 19.3 Å². The lowest BCUT2D eigenvalue weighted by Gasteiger charge is -2.22. The van der Waals surface area contributed by atoms with Crippen molar-refractivity contribution in [1.82, 2.24) is 0 Å². The van der Waals surface area contributed by atoms with Crippen molar-refractivity contribution >= 4 is 5.69 Å². The lowest BCUT2D eigenvalue weighted by molar-refractivity contribution is 0.169. The lowest BCUT2D eigenvalue weighted by atomic mass is 10.0. The molecule has 0 spiro atoms. The second-order valence-electron chi connectivity index (χ2n) is 5.93. The molecular formula is C19H25NO. The maximum atomic E-state index is 10.4. The van der Waals surface area contributed by atoms with Gasteiger partial charge in [-0.3, -0.25) is 0 Å². The number of benzene rings is 2. The van der Waals surface area contributed by atoms with Crippen LogP contribution in [0, 0.1) is 20.8 Å². The van der Waals surface area contributed by atoms with E-state index in [4.69, 9.17) is 0 Å². The number of nitrogens with zero attached hydrogens (tertiary/aromatic N) is 1. The van der Waals surface area contributed by atoms with Crippen LogP contribution < -0.4 is 4.90 Å². The highest BCUT2D eigenvalue weighted by Crippen LogP contribution is 2.23. The van der Waals surface area contributed by atoms with E-state index in [1.165, 1.54) is 16.8 Å². The molecule has 112 valence electrons. The quantitative estimate of drug-likeness (QED) is 0.890. The fraction of sp³-hybridized carbons (Fsp3) is 0.368. The maximum Gasteiger partial charge on any atom is 0.0809 e. The van der Waals surface area contributed by atoms with Crippen LogP contribution in [0.3, 0.4) is 0 Å². The average Bonchev–Trinajstić information content (AvgIpc) is 2.43. The molecule has 0 aliphatic heterocycles. The standard InChI is InChI=1S/C19H25NO/c1-14-11-15(2)13-17(12-14)20(4)10-9-19(21)18-8-6-5-7-16(18)3/h5-8,11-13,19,21H,9-10H2,1-4H3. The summed E-state index contributed by atoms with van der Waals surface area (Å²) in [6, 6.07) is 14.6. The van der Waals surface area contributed by atoms with E-state index in [1.807, 2.05) is 31.2 Å². The van der Waals surface area contributed by atoms with Gasteiger partial charge in [0.15, 0.2) is 0 Å². The first-order valence-electron chi connectivity index (χ1n) is 7.50. The zero-order valence-corrected chi connectivity index (χ0v) is 13.4. The van der Waals surface area contributed by atoms with Crippen LogP contribution in [0.5, 0.6) is 0 Å². The predicted octanol–water partition coefficient (Wildman–Crippen LogP) is 4.17. The molecule has 0 bridgehead atoms. The number of hydrogen-bond donors (Lipinski definition) is 1. The Morgan fingerprint density at radius 3 is 2.24 bits per heavy atom. The Balaban J connectivity index is 2.00. The van der Waals surface area contributed by atoms with Crippen LogP contribution in [0.2, 0.25) is 0 Å². The molecule has 0 amide bonds. The summed E-state index contributed by atoms with van der Waals surface area (Å²) >= 11 is 0. The molecule has 0 aliphatic rings. The van der Waals surface area contributed by atoms with Crippen molar-refractivity contribution in [3.63, 3.8) is 0 Å². The molecule has 21 heavy (non-hydrogen) atoms. The van der Waals surface area contributed by atoms with Gasteiger partial charge in [-0.25, -0.2) is 0 Å². The summed E-state index contributed by atoms with van der Waals surface area (Å²) in [6.45, 7) is 7.11. The first-order chi connectivity index (χ1) is 9.97. The van der Waals surface area contributed by atoms with E-state index in [-0.39, 0.29) is 0 Å². The number of aliphatic hydroxyl groups excluding tert-OH is 1. The van der Waals surface area contributed by atoms with Gasteiger partial charge in [0.2, 0.25) is 0 Å². The number of anilines is 1. The minimum absolute atomic E-state index is 0.403. The molecule has 2 rings (SSSR count). The van der Waals surface area contributed by atoms with E-state index in [0.29, 0.717) is 0 Å². The van der Waals surface area contributed by atoms with E-state index in [2.05, 4.69) is 44.0 Å². The predicted molar refractivity (Wildman–Crippen MR) is 89.9 cm³/mol. The average molecular weight is 283 g/mol. The Bertz CT molecular complexity index is 586. The van der Waals surface area contributed by atoms with Crippen molar-refractivity contribution in [1.29, 1.82) is 0 Å². The zero-order valence-electron chi connectivity index (χ0n) is 13.4. The number of aryl methyl sites for hydroxylation is 3. The molecule has 0 aliphatic carbocycles. The third-order valence-corrected chi connectivity index (χ3v) is 3.93. The van der Waals surface area contributed by atoms with Crippen LogP contribution in [0.1, 0.15) is 34.8 Å². The zero-order chi connectivity index (χ0) is 15.4. The number of rotatable bonds is 5. The van der Waals surface area contributed by atoms with Gasteiger partial charge in [-0.15, -0.1) is 0 Å². The fourth-order valence-electron chi connectivity index (χ4n) is 2.73. The van der Waals surface area contributed by atoms with Gasteiger partial charge in [0.1, 0.15) is 0 Å². The molecule has 1 N–H and O–H groups in total. The molecule has 0 saturated heterocycles. The summed E-state index contributed by atoms with van der Waals surface area (Å²) in [5, 5.41) is 10.4. The molecule has 0 aromatic heterocycles. The summed E-state index contributed by atoms with van der Waals surface area (Å²) in [7, 11) is 2.08. The lowest BCUT2D eigenvalue weighted by Crippen LogP contribution is -2.21. The molecular weight excluding hydrogens is 258 g/mol. The van der Waals surface area contributed by atoms with Gasteiger partial charge in [-0.05, 0) is 61.6 Å². The summed E-state index contributed by atoms with van der Waals surface area (Å²) in [6.07, 6.45) is 0.327. The Morgan fingerprint density at radius 2 is 1.62 bits per heavy atom. The first-order valence-corrected chi connectivity index (χ1v) is 7.50. The van der Waals surface area contributed by atoms with E-state index in [9.17, 15) is 5.11 Å². The van der Waals surface area contributed by atoms with Crippen LogP contribution in [0.15, 0.2) is 42.5 Å². The molecule has 2 aromatic carbocycles. The van der Waals surface area contributed by atoms with Crippen LogP contribution in [-0.4, -0.2) is 18.7 Å². The van der Waals surface area contributed by atoms with Crippen LogP contribution in [0.4, 0.5) is 5.69 Å². The Labute approximate surface area is 128 Å². The Hall–Kier alpha value is -1.80. The van der Waals surface area contributed by atoms with Gasteiger partial charge >= 0.3 is 0 Å². The monoisotopic (exact) mass is 283 g/mol. The van der Waals surface area contributed by atoms with Crippen molar-refractivity contribution in [3.8, 4) is 0 Å². The van der Waals surface area contributed by atoms with Crippen molar-refractivity contribution in [3.05, 3.63) is 64.7 Å². The molecule has 1 atom stereocenters. The molecule has 1 unspecified atom stereocenters. The highest BCUT2D eigenvalue weighted by Gasteiger charge is 2.11. The first kappa shape index (κ1) is 15.6. The van der Waals surface area contributed by atoms with Crippen LogP contribution in [0.25, 0.3) is 0 Å². The van der Waals surface area contributed by atoms with Crippen LogP contribution >= 0.6 is 0 Å². The summed E-state index contributed by atoms with van der Waals surface area (Å²) in [5.74, 6) is 0. The Kier molecular flexibility index (Phi) is 5.03. The highest BCUT2D eigenvalue weighted by atomic mass is 16.3. The van der Waals surface area contributed by atoms with E-state index < -0.39 is 6.10 Å². The molecule has 0 heterocycles. The van der Waals surface area contributed by atoms with Gasteiger partial charge in [-0.1, -0.05) is 30.3 Å². The molecule has 2 heteroatoms. The second kappa shape index (κ2) is 6.77. The molecule has 2 nitrogen and oxygen atoms in total. The largest absolute Gasteiger partial charge is 0.388 e. The maximum absolute atomic E-state index is 10.4. The minimum atomic E-state index is -0.403. The van der Waals surface area contributed by atoms with E-state index in [0.717, 1.165) is 24.1 Å². The van der Waals surface area contributed by atoms with Gasteiger partial charge < -0.3 is 10.0 Å². The number of hydrogen-bond acceptors (Lipinski definition) is 2. The topological polar surface area (TPSA) is 23.5 Å². The van der Waals surface area contributed by atoms with Crippen molar-refractivity contribution in [2.24, 2.45) is 0 Å². The summed E-state index contributed by atoms with van der Waals surface area (Å²) in [5.41, 5.74) is 5.95. The minimum Gasteiger partial charge on any atom is -0.388 e. The van der Waals surface area contributed by atoms with Gasteiger partial charge in [0.25, 0.3) is 0 Å². The SMILES string of the molecule is Cc1cc(C)cc(N(C)CCC(O)c2ccccc2C)c1. The van der Waals surface area contributed by atoms with Gasteiger partial charge in [0.05, 0.1) is 6.10 Å². The smallest absolute Gasteiger partial charge is 0.0809 e. The van der Waals surface area contributed by atoms with Crippen molar-refractivity contribution in [2.45, 2.75) is 33.3 Å². The normalized spacial score (nSPS) is 12.2. The van der Waals surface area contributed by atoms with E-state index >= 15 is 0 Å². The number of aliphatic hydroxyl groups is 1. The van der Waals surface area contributed by atoms with Crippen molar-refractivity contribution < 1.29 is 5.11 Å². The van der Waals surface area contributed by atoms with Crippen LogP contribution in [-0.2, 0) is 0 Å². The second-order valence-corrected chi connectivity index (χ2v) is 5.93.